The van der Waals surface area contributed by atoms with Crippen LogP contribution in [0.15, 0.2) is 29.2 Å². The Bertz CT molecular complexity index is 614. The van der Waals surface area contributed by atoms with Gasteiger partial charge in [0.05, 0.1) is 4.90 Å². The van der Waals surface area contributed by atoms with Crippen LogP contribution in [0.5, 0.6) is 0 Å². The number of hydrogen-bond donors (Lipinski definition) is 2. The van der Waals surface area contributed by atoms with Crippen molar-refractivity contribution in [2.75, 3.05) is 0 Å². The zero-order valence-corrected chi connectivity index (χ0v) is 12.8. The van der Waals surface area contributed by atoms with E-state index in [2.05, 4.69) is 10.0 Å². The SMILES string of the molecule is CC(C)(C)NS(=O)(=O)c1cccc(C(=O)NC2CC2)c1. The first-order valence-electron chi connectivity index (χ1n) is 6.62. The minimum Gasteiger partial charge on any atom is -0.349 e. The van der Waals surface area contributed by atoms with Crippen LogP contribution < -0.4 is 10.0 Å². The Morgan fingerprint density at radius 3 is 2.45 bits per heavy atom. The quantitative estimate of drug-likeness (QED) is 0.887. The van der Waals surface area contributed by atoms with Gasteiger partial charge >= 0.3 is 0 Å². The molecule has 0 radical (unpaired) electrons. The van der Waals surface area contributed by atoms with Gasteiger partial charge in [-0.25, -0.2) is 13.1 Å². The van der Waals surface area contributed by atoms with Gasteiger partial charge in [0, 0.05) is 17.1 Å². The number of nitrogens with one attached hydrogen (secondary N) is 2. The second-order valence-corrected chi connectivity index (χ2v) is 7.81. The molecule has 0 aliphatic heterocycles. The molecule has 1 fully saturated rings. The van der Waals surface area contributed by atoms with Crippen LogP contribution in [0.3, 0.4) is 0 Å². The van der Waals surface area contributed by atoms with Gasteiger partial charge in [0.15, 0.2) is 0 Å². The van der Waals surface area contributed by atoms with Crippen LogP contribution in [0, 0.1) is 0 Å². The molecular weight excluding hydrogens is 276 g/mol. The van der Waals surface area contributed by atoms with E-state index < -0.39 is 15.6 Å². The lowest BCUT2D eigenvalue weighted by Gasteiger charge is -2.20. The maximum absolute atomic E-state index is 12.2. The Balaban J connectivity index is 2.22. The summed E-state index contributed by atoms with van der Waals surface area (Å²) in [5.74, 6) is -0.222. The number of amides is 1. The molecule has 1 aromatic rings. The summed E-state index contributed by atoms with van der Waals surface area (Å²) in [6.07, 6.45) is 1.99. The zero-order valence-electron chi connectivity index (χ0n) is 11.9. The molecule has 5 nitrogen and oxygen atoms in total. The van der Waals surface area contributed by atoms with Crippen molar-refractivity contribution in [3.63, 3.8) is 0 Å². The molecule has 0 bridgehead atoms. The van der Waals surface area contributed by atoms with Crippen molar-refractivity contribution in [2.24, 2.45) is 0 Å². The molecule has 1 saturated carbocycles. The Kier molecular flexibility index (Phi) is 3.88. The van der Waals surface area contributed by atoms with Crippen molar-refractivity contribution >= 4 is 15.9 Å². The van der Waals surface area contributed by atoms with Crippen molar-refractivity contribution in [3.05, 3.63) is 29.8 Å². The van der Waals surface area contributed by atoms with Crippen LogP contribution in [-0.4, -0.2) is 25.9 Å². The Morgan fingerprint density at radius 2 is 1.90 bits per heavy atom. The summed E-state index contributed by atoms with van der Waals surface area (Å²) in [5, 5.41) is 2.84. The summed E-state index contributed by atoms with van der Waals surface area (Å²) in [7, 11) is -3.62. The minimum absolute atomic E-state index is 0.107. The first kappa shape index (κ1) is 15.0. The van der Waals surface area contributed by atoms with Gasteiger partial charge < -0.3 is 5.32 Å². The highest BCUT2D eigenvalue weighted by Gasteiger charge is 2.25. The fraction of sp³-hybridized carbons (Fsp3) is 0.500. The fourth-order valence-corrected chi connectivity index (χ4v) is 3.23. The first-order chi connectivity index (χ1) is 9.17. The molecular formula is C14H20N2O3S. The van der Waals surface area contributed by atoms with E-state index in [1.165, 1.54) is 12.1 Å². The molecule has 1 aliphatic carbocycles. The van der Waals surface area contributed by atoms with Crippen LogP contribution in [-0.2, 0) is 10.0 Å². The van der Waals surface area contributed by atoms with Crippen LogP contribution in [0.2, 0.25) is 0 Å². The Hall–Kier alpha value is -1.40. The number of hydrogen-bond acceptors (Lipinski definition) is 3. The average Bonchev–Trinajstić information content (AvgIpc) is 3.10. The third-order valence-electron chi connectivity index (χ3n) is 2.76. The van der Waals surface area contributed by atoms with Gasteiger partial charge in [-0.3, -0.25) is 4.79 Å². The van der Waals surface area contributed by atoms with Gasteiger partial charge in [-0.2, -0.15) is 0 Å². The van der Waals surface area contributed by atoms with E-state index in [0.717, 1.165) is 12.8 Å². The van der Waals surface area contributed by atoms with Crippen molar-refractivity contribution in [3.8, 4) is 0 Å². The summed E-state index contributed by atoms with van der Waals surface area (Å²) in [5.41, 5.74) is -0.195. The molecule has 2 rings (SSSR count). The second kappa shape index (κ2) is 5.18. The third-order valence-corrected chi connectivity index (χ3v) is 4.52. The van der Waals surface area contributed by atoms with Gasteiger partial charge in [0.1, 0.15) is 0 Å². The zero-order chi connectivity index (χ0) is 15.0. The lowest BCUT2D eigenvalue weighted by atomic mass is 10.1. The summed E-state index contributed by atoms with van der Waals surface area (Å²) < 4.78 is 27.0. The van der Waals surface area contributed by atoms with Crippen LogP contribution in [0.25, 0.3) is 0 Å². The number of carbonyl (C=O) groups is 1. The lowest BCUT2D eigenvalue weighted by molar-refractivity contribution is 0.0951. The summed E-state index contributed by atoms with van der Waals surface area (Å²) >= 11 is 0. The van der Waals surface area contributed by atoms with E-state index in [4.69, 9.17) is 0 Å². The molecule has 110 valence electrons. The molecule has 20 heavy (non-hydrogen) atoms. The highest BCUT2D eigenvalue weighted by Crippen LogP contribution is 2.20. The monoisotopic (exact) mass is 296 g/mol. The summed E-state index contributed by atoms with van der Waals surface area (Å²) in [4.78, 5) is 12.0. The van der Waals surface area contributed by atoms with E-state index in [0.29, 0.717) is 5.56 Å². The maximum atomic E-state index is 12.2. The highest BCUT2D eigenvalue weighted by atomic mass is 32.2. The van der Waals surface area contributed by atoms with Crippen molar-refractivity contribution in [1.82, 2.24) is 10.0 Å². The number of benzene rings is 1. The smallest absolute Gasteiger partial charge is 0.251 e. The molecule has 1 aliphatic rings. The minimum atomic E-state index is -3.62. The summed E-state index contributed by atoms with van der Waals surface area (Å²) in [6.45, 7) is 5.32. The predicted molar refractivity (Wildman–Crippen MR) is 77.0 cm³/mol. The third kappa shape index (κ3) is 4.05. The van der Waals surface area contributed by atoms with Gasteiger partial charge in [0.2, 0.25) is 10.0 Å². The average molecular weight is 296 g/mol. The Morgan fingerprint density at radius 1 is 1.25 bits per heavy atom. The molecule has 0 spiro atoms. The molecule has 0 saturated heterocycles. The normalized spacial score (nSPS) is 15.9. The maximum Gasteiger partial charge on any atom is 0.251 e. The molecule has 0 unspecified atom stereocenters. The van der Waals surface area contributed by atoms with E-state index in [1.54, 1.807) is 32.9 Å². The van der Waals surface area contributed by atoms with Crippen LogP contribution in [0.4, 0.5) is 0 Å². The number of rotatable bonds is 4. The topological polar surface area (TPSA) is 75.3 Å². The fourth-order valence-electron chi connectivity index (χ4n) is 1.76. The van der Waals surface area contributed by atoms with E-state index in [9.17, 15) is 13.2 Å². The summed E-state index contributed by atoms with van der Waals surface area (Å²) in [6, 6.07) is 6.34. The number of carbonyl (C=O) groups excluding carboxylic acids is 1. The Labute approximate surface area is 119 Å². The van der Waals surface area contributed by atoms with Gasteiger partial charge in [-0.05, 0) is 51.8 Å². The van der Waals surface area contributed by atoms with E-state index >= 15 is 0 Å². The standard InChI is InChI=1S/C14H20N2O3S/c1-14(2,3)16-20(18,19)12-6-4-5-10(9-12)13(17)15-11-7-8-11/h4-6,9,11,16H,7-8H2,1-3H3,(H,15,17). The second-order valence-electron chi connectivity index (χ2n) is 6.13. The molecule has 0 heterocycles. The van der Waals surface area contributed by atoms with Gasteiger partial charge in [-0.15, -0.1) is 0 Å². The van der Waals surface area contributed by atoms with Crippen molar-refractivity contribution in [1.29, 1.82) is 0 Å². The lowest BCUT2D eigenvalue weighted by Crippen LogP contribution is -2.40. The first-order valence-corrected chi connectivity index (χ1v) is 8.11. The van der Waals surface area contributed by atoms with Crippen LogP contribution >= 0.6 is 0 Å². The van der Waals surface area contributed by atoms with Crippen molar-refractivity contribution in [2.45, 2.75) is 50.1 Å². The molecule has 1 aromatic carbocycles. The largest absolute Gasteiger partial charge is 0.349 e. The van der Waals surface area contributed by atoms with E-state index in [1.807, 2.05) is 0 Å². The van der Waals surface area contributed by atoms with Crippen molar-refractivity contribution < 1.29 is 13.2 Å². The molecule has 1 amide bonds. The van der Waals surface area contributed by atoms with Gasteiger partial charge in [0.25, 0.3) is 5.91 Å². The molecule has 0 aromatic heterocycles. The predicted octanol–water partition coefficient (Wildman–Crippen LogP) is 1.66. The number of sulfonamides is 1. The highest BCUT2D eigenvalue weighted by molar-refractivity contribution is 7.89. The van der Waals surface area contributed by atoms with E-state index in [-0.39, 0.29) is 16.8 Å². The molecule has 2 N–H and O–H groups in total. The van der Waals surface area contributed by atoms with Gasteiger partial charge in [-0.1, -0.05) is 6.07 Å². The molecule has 0 atom stereocenters. The molecule has 6 heteroatoms. The van der Waals surface area contributed by atoms with Crippen LogP contribution in [0.1, 0.15) is 44.0 Å².